The molecule has 0 aliphatic carbocycles. The summed E-state index contributed by atoms with van der Waals surface area (Å²) in [6.07, 6.45) is 2.48. The van der Waals surface area contributed by atoms with E-state index in [1.807, 2.05) is 25.1 Å². The van der Waals surface area contributed by atoms with Crippen molar-refractivity contribution in [2.45, 2.75) is 26.2 Å². The van der Waals surface area contributed by atoms with Crippen molar-refractivity contribution >= 4 is 33.4 Å². The van der Waals surface area contributed by atoms with E-state index in [9.17, 15) is 9.59 Å². The fraction of sp³-hybridized carbons (Fsp3) is 0.429. The Morgan fingerprint density at radius 1 is 1.42 bits per heavy atom. The zero-order chi connectivity index (χ0) is 13.8. The lowest BCUT2D eigenvalue weighted by molar-refractivity contribution is -0.136. The SMILES string of the molecule is Cc1cc(Br)ccc1NC(=O)CN1CCCCC1=O. The van der Waals surface area contributed by atoms with Crippen molar-refractivity contribution in [3.8, 4) is 0 Å². The topological polar surface area (TPSA) is 49.4 Å². The van der Waals surface area contributed by atoms with Crippen molar-refractivity contribution in [1.29, 1.82) is 0 Å². The summed E-state index contributed by atoms with van der Waals surface area (Å²) in [6.45, 7) is 2.77. The Balaban J connectivity index is 1.95. The van der Waals surface area contributed by atoms with Gasteiger partial charge in [-0.3, -0.25) is 9.59 Å². The Kier molecular flexibility index (Phi) is 4.58. The van der Waals surface area contributed by atoms with Gasteiger partial charge in [-0.25, -0.2) is 0 Å². The molecule has 19 heavy (non-hydrogen) atoms. The van der Waals surface area contributed by atoms with E-state index in [-0.39, 0.29) is 18.4 Å². The molecule has 1 N–H and O–H groups in total. The first-order valence-corrected chi connectivity index (χ1v) is 7.19. The van der Waals surface area contributed by atoms with Crippen LogP contribution in [0.4, 0.5) is 5.69 Å². The first-order chi connectivity index (χ1) is 9.06. The highest BCUT2D eigenvalue weighted by Crippen LogP contribution is 2.20. The second kappa shape index (κ2) is 6.19. The molecule has 2 amide bonds. The number of piperidine rings is 1. The van der Waals surface area contributed by atoms with Gasteiger partial charge in [0.05, 0.1) is 6.54 Å². The Morgan fingerprint density at radius 3 is 2.89 bits per heavy atom. The van der Waals surface area contributed by atoms with Gasteiger partial charge in [0.1, 0.15) is 0 Å². The van der Waals surface area contributed by atoms with Crippen molar-refractivity contribution in [3.63, 3.8) is 0 Å². The number of likely N-dealkylation sites (tertiary alicyclic amines) is 1. The second-order valence-electron chi connectivity index (χ2n) is 4.78. The van der Waals surface area contributed by atoms with E-state index in [0.29, 0.717) is 13.0 Å². The number of carbonyl (C=O) groups is 2. The number of rotatable bonds is 3. The second-order valence-corrected chi connectivity index (χ2v) is 5.70. The van der Waals surface area contributed by atoms with Crippen LogP contribution in [-0.4, -0.2) is 29.8 Å². The lowest BCUT2D eigenvalue weighted by Gasteiger charge is -2.26. The number of benzene rings is 1. The molecule has 0 bridgehead atoms. The Labute approximate surface area is 121 Å². The van der Waals surface area contributed by atoms with Gasteiger partial charge in [0.25, 0.3) is 0 Å². The highest BCUT2D eigenvalue weighted by Gasteiger charge is 2.20. The van der Waals surface area contributed by atoms with Crippen LogP contribution in [0.3, 0.4) is 0 Å². The maximum atomic E-state index is 11.9. The summed E-state index contributed by atoms with van der Waals surface area (Å²) < 4.78 is 0.981. The predicted octanol–water partition coefficient (Wildman–Crippen LogP) is 2.71. The molecule has 102 valence electrons. The largest absolute Gasteiger partial charge is 0.333 e. The van der Waals surface area contributed by atoms with Gasteiger partial charge >= 0.3 is 0 Å². The minimum Gasteiger partial charge on any atom is -0.333 e. The van der Waals surface area contributed by atoms with Gasteiger partial charge in [-0.05, 0) is 43.5 Å². The Hall–Kier alpha value is -1.36. The molecule has 1 aliphatic heterocycles. The minimum absolute atomic E-state index is 0.0777. The Morgan fingerprint density at radius 2 is 2.21 bits per heavy atom. The zero-order valence-electron chi connectivity index (χ0n) is 10.9. The summed E-state index contributed by atoms with van der Waals surface area (Å²) in [5.74, 6) is -0.0606. The molecule has 5 heteroatoms. The fourth-order valence-electron chi connectivity index (χ4n) is 2.16. The quantitative estimate of drug-likeness (QED) is 0.929. The summed E-state index contributed by atoms with van der Waals surface area (Å²) in [7, 11) is 0. The van der Waals surface area contributed by atoms with Crippen LogP contribution in [0.25, 0.3) is 0 Å². The van der Waals surface area contributed by atoms with E-state index in [1.165, 1.54) is 0 Å². The van der Waals surface area contributed by atoms with Crippen molar-refractivity contribution in [2.24, 2.45) is 0 Å². The van der Waals surface area contributed by atoms with Gasteiger partial charge in [0.15, 0.2) is 0 Å². The molecule has 1 aliphatic rings. The molecular formula is C14H17BrN2O2. The molecule has 0 spiro atoms. The molecule has 0 unspecified atom stereocenters. The average Bonchev–Trinajstić information content (AvgIpc) is 2.36. The van der Waals surface area contributed by atoms with E-state index in [4.69, 9.17) is 0 Å². The van der Waals surface area contributed by atoms with Gasteiger partial charge in [0.2, 0.25) is 11.8 Å². The standard InChI is InChI=1S/C14H17BrN2O2/c1-10-8-11(15)5-6-12(10)16-13(18)9-17-7-3-2-4-14(17)19/h5-6,8H,2-4,7,9H2,1H3,(H,16,18). The van der Waals surface area contributed by atoms with Crippen LogP contribution < -0.4 is 5.32 Å². The molecule has 1 fully saturated rings. The zero-order valence-corrected chi connectivity index (χ0v) is 12.5. The van der Waals surface area contributed by atoms with E-state index < -0.39 is 0 Å². The van der Waals surface area contributed by atoms with Gasteiger partial charge in [-0.1, -0.05) is 15.9 Å². The summed E-state index contributed by atoms with van der Waals surface area (Å²) >= 11 is 3.38. The Bertz CT molecular complexity index is 502. The third kappa shape index (κ3) is 3.80. The molecule has 1 saturated heterocycles. The third-order valence-corrected chi connectivity index (χ3v) is 3.71. The molecule has 0 atom stereocenters. The maximum absolute atomic E-state index is 11.9. The van der Waals surface area contributed by atoms with Crippen LogP contribution in [0, 0.1) is 6.92 Å². The summed E-state index contributed by atoms with van der Waals surface area (Å²) in [5.41, 5.74) is 1.78. The van der Waals surface area contributed by atoms with E-state index in [0.717, 1.165) is 28.6 Å². The third-order valence-electron chi connectivity index (χ3n) is 3.22. The van der Waals surface area contributed by atoms with Crippen molar-refractivity contribution in [2.75, 3.05) is 18.4 Å². The van der Waals surface area contributed by atoms with Crippen molar-refractivity contribution in [3.05, 3.63) is 28.2 Å². The van der Waals surface area contributed by atoms with Crippen LogP contribution >= 0.6 is 15.9 Å². The van der Waals surface area contributed by atoms with Crippen LogP contribution in [0.1, 0.15) is 24.8 Å². The number of hydrogen-bond acceptors (Lipinski definition) is 2. The minimum atomic E-state index is -0.138. The molecule has 2 rings (SSSR count). The molecule has 1 heterocycles. The highest BCUT2D eigenvalue weighted by molar-refractivity contribution is 9.10. The van der Waals surface area contributed by atoms with E-state index >= 15 is 0 Å². The predicted molar refractivity (Wildman–Crippen MR) is 77.9 cm³/mol. The molecule has 4 nitrogen and oxygen atoms in total. The number of aryl methyl sites for hydroxylation is 1. The van der Waals surface area contributed by atoms with E-state index in [1.54, 1.807) is 4.90 Å². The monoisotopic (exact) mass is 324 g/mol. The number of amides is 2. The van der Waals surface area contributed by atoms with Gasteiger partial charge in [-0.2, -0.15) is 0 Å². The summed E-state index contributed by atoms with van der Waals surface area (Å²) in [6, 6.07) is 5.69. The number of anilines is 1. The highest BCUT2D eigenvalue weighted by atomic mass is 79.9. The summed E-state index contributed by atoms with van der Waals surface area (Å²) in [4.78, 5) is 25.2. The summed E-state index contributed by atoms with van der Waals surface area (Å²) in [5, 5.41) is 2.85. The molecule has 0 saturated carbocycles. The number of halogens is 1. The van der Waals surface area contributed by atoms with Crippen LogP contribution in [0.15, 0.2) is 22.7 Å². The van der Waals surface area contributed by atoms with Gasteiger partial charge in [-0.15, -0.1) is 0 Å². The van der Waals surface area contributed by atoms with Gasteiger partial charge in [0, 0.05) is 23.1 Å². The van der Waals surface area contributed by atoms with Crippen molar-refractivity contribution < 1.29 is 9.59 Å². The number of hydrogen-bond donors (Lipinski definition) is 1. The lowest BCUT2D eigenvalue weighted by Crippen LogP contribution is -2.40. The van der Waals surface area contributed by atoms with E-state index in [2.05, 4.69) is 21.2 Å². The molecular weight excluding hydrogens is 308 g/mol. The average molecular weight is 325 g/mol. The smallest absolute Gasteiger partial charge is 0.244 e. The number of nitrogens with one attached hydrogen (secondary N) is 1. The van der Waals surface area contributed by atoms with Crippen LogP contribution in [0.2, 0.25) is 0 Å². The molecule has 0 radical (unpaired) electrons. The maximum Gasteiger partial charge on any atom is 0.244 e. The molecule has 1 aromatic rings. The van der Waals surface area contributed by atoms with Gasteiger partial charge < -0.3 is 10.2 Å². The van der Waals surface area contributed by atoms with Crippen LogP contribution in [0.5, 0.6) is 0 Å². The first kappa shape index (κ1) is 14.1. The van der Waals surface area contributed by atoms with Crippen LogP contribution in [-0.2, 0) is 9.59 Å². The molecule has 0 aromatic heterocycles. The normalized spacial score (nSPS) is 15.5. The molecule has 1 aromatic carbocycles. The van der Waals surface area contributed by atoms with Crippen molar-refractivity contribution in [1.82, 2.24) is 4.90 Å². The number of nitrogens with zero attached hydrogens (tertiary/aromatic N) is 1. The lowest BCUT2D eigenvalue weighted by atomic mass is 10.1. The first-order valence-electron chi connectivity index (χ1n) is 6.40. The number of carbonyl (C=O) groups excluding carboxylic acids is 2. The fourth-order valence-corrected chi connectivity index (χ4v) is 2.63.